The van der Waals surface area contributed by atoms with Crippen molar-refractivity contribution < 1.29 is 8.42 Å². The van der Waals surface area contributed by atoms with Crippen molar-refractivity contribution in [1.29, 1.82) is 0 Å². The zero-order valence-electron chi connectivity index (χ0n) is 12.6. The van der Waals surface area contributed by atoms with E-state index in [1.165, 1.54) is 25.5 Å². The lowest BCUT2D eigenvalue weighted by molar-refractivity contribution is 0.0200. The standard InChI is InChI=1S/C14H28N2O2S/c1-14(2,19(4,17)18)10-16-12-6-5-7-13(16)9-11(8-12)15-3/h11-13,15H,5-10H2,1-4H3. The van der Waals surface area contributed by atoms with Crippen LogP contribution in [0.1, 0.15) is 46.0 Å². The van der Waals surface area contributed by atoms with Crippen molar-refractivity contribution in [1.82, 2.24) is 10.2 Å². The second-order valence-corrected chi connectivity index (χ2v) is 9.55. The van der Waals surface area contributed by atoms with Gasteiger partial charge in [0.2, 0.25) is 0 Å². The van der Waals surface area contributed by atoms with E-state index in [0.29, 0.717) is 24.7 Å². The predicted octanol–water partition coefficient (Wildman–Crippen LogP) is 1.41. The van der Waals surface area contributed by atoms with E-state index in [0.717, 1.165) is 12.8 Å². The van der Waals surface area contributed by atoms with Crippen molar-refractivity contribution in [2.75, 3.05) is 19.8 Å². The molecule has 0 radical (unpaired) electrons. The summed E-state index contributed by atoms with van der Waals surface area (Å²) in [5, 5.41) is 3.40. The molecule has 2 saturated heterocycles. The van der Waals surface area contributed by atoms with Crippen molar-refractivity contribution in [3.05, 3.63) is 0 Å². The summed E-state index contributed by atoms with van der Waals surface area (Å²) in [6.45, 7) is 4.40. The van der Waals surface area contributed by atoms with E-state index in [4.69, 9.17) is 0 Å². The second-order valence-electron chi connectivity index (χ2n) is 6.90. The minimum absolute atomic E-state index is 0.561. The summed E-state index contributed by atoms with van der Waals surface area (Å²) in [6.07, 6.45) is 7.41. The molecule has 2 fully saturated rings. The number of rotatable bonds is 4. The molecule has 4 nitrogen and oxygen atoms in total. The van der Waals surface area contributed by atoms with Crippen LogP contribution in [0.2, 0.25) is 0 Å². The highest BCUT2D eigenvalue weighted by Gasteiger charge is 2.42. The monoisotopic (exact) mass is 288 g/mol. The van der Waals surface area contributed by atoms with Crippen LogP contribution >= 0.6 is 0 Å². The maximum Gasteiger partial charge on any atom is 0.153 e. The zero-order chi connectivity index (χ0) is 14.3. The van der Waals surface area contributed by atoms with Gasteiger partial charge in [-0.25, -0.2) is 8.42 Å². The molecule has 2 rings (SSSR count). The van der Waals surface area contributed by atoms with Crippen molar-refractivity contribution in [3.63, 3.8) is 0 Å². The fraction of sp³-hybridized carbons (Fsp3) is 1.00. The lowest BCUT2D eigenvalue weighted by atomic mass is 9.81. The van der Waals surface area contributed by atoms with E-state index in [9.17, 15) is 8.42 Å². The molecular weight excluding hydrogens is 260 g/mol. The van der Waals surface area contributed by atoms with Gasteiger partial charge in [-0.3, -0.25) is 4.90 Å². The Morgan fingerprint density at radius 3 is 2.16 bits per heavy atom. The Morgan fingerprint density at radius 1 is 1.21 bits per heavy atom. The molecule has 2 aliphatic heterocycles. The summed E-state index contributed by atoms with van der Waals surface area (Å²) in [7, 11) is -0.971. The number of nitrogens with zero attached hydrogens (tertiary/aromatic N) is 1. The molecule has 19 heavy (non-hydrogen) atoms. The van der Waals surface area contributed by atoms with Crippen molar-refractivity contribution >= 4 is 9.84 Å². The van der Waals surface area contributed by atoms with E-state index in [2.05, 4.69) is 10.2 Å². The molecule has 0 aliphatic carbocycles. The van der Waals surface area contributed by atoms with Gasteiger partial charge in [-0.1, -0.05) is 6.42 Å². The van der Waals surface area contributed by atoms with Gasteiger partial charge in [0.05, 0.1) is 4.75 Å². The third-order valence-electron chi connectivity index (χ3n) is 5.10. The first-order chi connectivity index (χ1) is 8.74. The Hall–Kier alpha value is -0.130. The average molecular weight is 288 g/mol. The minimum Gasteiger partial charge on any atom is -0.317 e. The summed E-state index contributed by atoms with van der Waals surface area (Å²) in [4.78, 5) is 2.48. The highest BCUT2D eigenvalue weighted by Crippen LogP contribution is 2.35. The molecule has 0 aromatic carbocycles. The maximum atomic E-state index is 11.9. The number of hydrogen-bond donors (Lipinski definition) is 1. The SMILES string of the molecule is CNC1CC2CCCC(C1)N2CC(C)(C)S(C)(=O)=O. The van der Waals surface area contributed by atoms with Crippen LogP contribution in [0.4, 0.5) is 0 Å². The van der Waals surface area contributed by atoms with Gasteiger partial charge in [0.1, 0.15) is 0 Å². The number of piperidine rings is 2. The summed E-state index contributed by atoms with van der Waals surface area (Å²) < 4.78 is 23.2. The third-order valence-corrected chi connectivity index (χ3v) is 7.24. The molecule has 2 unspecified atom stereocenters. The van der Waals surface area contributed by atoms with Crippen LogP contribution in [0.3, 0.4) is 0 Å². The molecule has 0 saturated carbocycles. The van der Waals surface area contributed by atoms with Gasteiger partial charge in [-0.2, -0.15) is 0 Å². The largest absolute Gasteiger partial charge is 0.317 e. The molecule has 2 heterocycles. The molecule has 2 aliphatic rings. The normalized spacial score (nSPS) is 33.4. The van der Waals surface area contributed by atoms with E-state index in [1.54, 1.807) is 0 Å². The van der Waals surface area contributed by atoms with E-state index < -0.39 is 14.6 Å². The Kier molecular flexibility index (Phi) is 4.29. The van der Waals surface area contributed by atoms with E-state index in [1.807, 2.05) is 20.9 Å². The molecular formula is C14H28N2O2S. The summed E-state index contributed by atoms with van der Waals surface area (Å²) in [5.74, 6) is 0. The van der Waals surface area contributed by atoms with Crippen LogP contribution in [0.25, 0.3) is 0 Å². The molecule has 1 N–H and O–H groups in total. The Labute approximate surface area is 117 Å². The van der Waals surface area contributed by atoms with Gasteiger partial charge in [-0.15, -0.1) is 0 Å². The molecule has 5 heteroatoms. The third kappa shape index (κ3) is 3.14. The highest BCUT2D eigenvalue weighted by molar-refractivity contribution is 7.92. The van der Waals surface area contributed by atoms with Crippen LogP contribution in [0.15, 0.2) is 0 Å². The molecule has 0 amide bonds. The van der Waals surface area contributed by atoms with Gasteiger partial charge in [-0.05, 0) is 46.6 Å². The summed E-state index contributed by atoms with van der Waals surface area (Å²) in [5.41, 5.74) is 0. The molecule has 2 bridgehead atoms. The first-order valence-corrected chi connectivity index (χ1v) is 9.26. The van der Waals surface area contributed by atoms with Gasteiger partial charge < -0.3 is 5.32 Å². The number of hydrogen-bond acceptors (Lipinski definition) is 4. The summed E-state index contributed by atoms with van der Waals surface area (Å²) >= 11 is 0. The van der Waals surface area contributed by atoms with Gasteiger partial charge in [0.25, 0.3) is 0 Å². The number of sulfone groups is 1. The first-order valence-electron chi connectivity index (χ1n) is 7.37. The van der Waals surface area contributed by atoms with Crippen LogP contribution in [0.5, 0.6) is 0 Å². The average Bonchev–Trinajstić information content (AvgIpc) is 2.26. The van der Waals surface area contributed by atoms with Crippen LogP contribution in [-0.2, 0) is 9.84 Å². The van der Waals surface area contributed by atoms with Crippen molar-refractivity contribution in [3.8, 4) is 0 Å². The first kappa shape index (κ1) is 15.3. The minimum atomic E-state index is -3.01. The van der Waals surface area contributed by atoms with Crippen molar-refractivity contribution in [2.24, 2.45) is 0 Å². The van der Waals surface area contributed by atoms with Gasteiger partial charge >= 0.3 is 0 Å². The van der Waals surface area contributed by atoms with Crippen LogP contribution in [0, 0.1) is 0 Å². The van der Waals surface area contributed by atoms with Crippen molar-refractivity contribution in [2.45, 2.75) is 68.8 Å². The quantitative estimate of drug-likeness (QED) is 0.850. The Morgan fingerprint density at radius 2 is 1.74 bits per heavy atom. The Balaban J connectivity index is 2.13. The van der Waals surface area contributed by atoms with Gasteiger partial charge in [0.15, 0.2) is 9.84 Å². The topological polar surface area (TPSA) is 49.4 Å². The van der Waals surface area contributed by atoms with Crippen LogP contribution in [-0.4, -0.2) is 56.0 Å². The smallest absolute Gasteiger partial charge is 0.153 e. The number of fused-ring (bicyclic) bond motifs is 2. The van der Waals surface area contributed by atoms with E-state index in [-0.39, 0.29) is 0 Å². The molecule has 0 aromatic rings. The Bertz CT molecular complexity index is 405. The zero-order valence-corrected chi connectivity index (χ0v) is 13.5. The maximum absolute atomic E-state index is 11.9. The van der Waals surface area contributed by atoms with E-state index >= 15 is 0 Å². The molecule has 2 atom stereocenters. The van der Waals surface area contributed by atoms with Crippen LogP contribution < -0.4 is 5.32 Å². The number of nitrogens with one attached hydrogen (secondary N) is 1. The lowest BCUT2D eigenvalue weighted by Crippen LogP contribution is -2.59. The molecule has 0 spiro atoms. The predicted molar refractivity (Wildman–Crippen MR) is 79.1 cm³/mol. The lowest BCUT2D eigenvalue weighted by Gasteiger charge is -2.51. The second kappa shape index (κ2) is 5.34. The van der Waals surface area contributed by atoms with Gasteiger partial charge in [0, 0.05) is 30.9 Å². The fourth-order valence-corrected chi connectivity index (χ4v) is 3.91. The fourth-order valence-electron chi connectivity index (χ4n) is 3.53. The summed E-state index contributed by atoms with van der Waals surface area (Å²) in [6, 6.07) is 1.73. The highest BCUT2D eigenvalue weighted by atomic mass is 32.2. The molecule has 0 aromatic heterocycles. The molecule has 112 valence electrons.